The van der Waals surface area contributed by atoms with E-state index in [-0.39, 0.29) is 12.6 Å². The number of carbonyl (C=O) groups excluding carboxylic acids is 2. The fourth-order valence-electron chi connectivity index (χ4n) is 1.19. The Labute approximate surface area is 102 Å². The van der Waals surface area contributed by atoms with Crippen LogP contribution >= 0.6 is 0 Å². The van der Waals surface area contributed by atoms with E-state index >= 15 is 0 Å². The molecule has 1 aliphatic rings. The molecule has 0 atom stereocenters. The van der Waals surface area contributed by atoms with Crippen LogP contribution in [0.1, 0.15) is 40.5 Å². The van der Waals surface area contributed by atoms with E-state index in [9.17, 15) is 14.7 Å². The number of amides is 2. The standard InChI is InChI=1S/C12H22N2O3/c1-11(2,7-15)12(3,4)14-10(17)9(16)13-8-5-6-8/h8,15H,5-7H2,1-4H3,(H,13,16)(H,14,17). The predicted octanol–water partition coefficient (Wildman–Crippen LogP) is 0.178. The number of nitrogens with one attached hydrogen (secondary N) is 2. The second-order valence-corrected chi connectivity index (χ2v) is 5.87. The summed E-state index contributed by atoms with van der Waals surface area (Å²) in [5.74, 6) is -1.22. The Bertz CT molecular complexity index is 320. The molecule has 0 aromatic carbocycles. The van der Waals surface area contributed by atoms with Gasteiger partial charge in [0.25, 0.3) is 0 Å². The zero-order valence-electron chi connectivity index (χ0n) is 11.0. The smallest absolute Gasteiger partial charge is 0.309 e. The van der Waals surface area contributed by atoms with Gasteiger partial charge in [-0.2, -0.15) is 0 Å². The number of rotatable bonds is 4. The average molecular weight is 242 g/mol. The molecule has 0 saturated heterocycles. The third-order valence-corrected chi connectivity index (χ3v) is 3.63. The van der Waals surface area contributed by atoms with Crippen molar-refractivity contribution in [2.24, 2.45) is 5.41 Å². The first-order valence-corrected chi connectivity index (χ1v) is 5.93. The molecule has 0 heterocycles. The molecule has 98 valence electrons. The van der Waals surface area contributed by atoms with Crippen LogP contribution in [0, 0.1) is 5.41 Å². The third kappa shape index (κ3) is 3.43. The molecule has 0 unspecified atom stereocenters. The lowest BCUT2D eigenvalue weighted by molar-refractivity contribution is -0.141. The molecule has 5 nitrogen and oxygen atoms in total. The second kappa shape index (κ2) is 4.64. The molecular formula is C12H22N2O3. The summed E-state index contributed by atoms with van der Waals surface area (Å²) < 4.78 is 0. The topological polar surface area (TPSA) is 78.4 Å². The maximum Gasteiger partial charge on any atom is 0.309 e. The maximum absolute atomic E-state index is 11.7. The highest BCUT2D eigenvalue weighted by molar-refractivity contribution is 6.35. The minimum atomic E-state index is -0.653. The van der Waals surface area contributed by atoms with Crippen molar-refractivity contribution in [1.82, 2.24) is 10.6 Å². The lowest BCUT2D eigenvalue weighted by Gasteiger charge is -2.40. The first kappa shape index (κ1) is 14.0. The zero-order valence-corrected chi connectivity index (χ0v) is 11.0. The van der Waals surface area contributed by atoms with E-state index in [1.54, 1.807) is 13.8 Å². The molecule has 1 saturated carbocycles. The van der Waals surface area contributed by atoms with Gasteiger partial charge in [0.05, 0.1) is 6.61 Å². The minimum Gasteiger partial charge on any atom is -0.396 e. The Kier molecular flexibility index (Phi) is 3.81. The van der Waals surface area contributed by atoms with Crippen LogP contribution in [0.5, 0.6) is 0 Å². The molecule has 0 radical (unpaired) electrons. The lowest BCUT2D eigenvalue weighted by atomic mass is 9.75. The van der Waals surface area contributed by atoms with Gasteiger partial charge in [0, 0.05) is 17.0 Å². The summed E-state index contributed by atoms with van der Waals surface area (Å²) in [6, 6.07) is 0.169. The molecule has 0 bridgehead atoms. The van der Waals surface area contributed by atoms with Crippen molar-refractivity contribution in [2.45, 2.75) is 52.1 Å². The Morgan fingerprint density at radius 3 is 2.12 bits per heavy atom. The summed E-state index contributed by atoms with van der Waals surface area (Å²) in [6.45, 7) is 7.21. The molecule has 0 spiro atoms. The van der Waals surface area contributed by atoms with Gasteiger partial charge in [-0.25, -0.2) is 0 Å². The van der Waals surface area contributed by atoms with E-state index in [0.717, 1.165) is 12.8 Å². The van der Waals surface area contributed by atoms with E-state index in [4.69, 9.17) is 0 Å². The minimum absolute atomic E-state index is 0.0650. The number of aliphatic hydroxyl groups is 1. The highest BCUT2D eigenvalue weighted by atomic mass is 16.3. The van der Waals surface area contributed by atoms with E-state index in [2.05, 4.69) is 10.6 Å². The molecule has 1 rings (SSSR count). The fraction of sp³-hybridized carbons (Fsp3) is 0.833. The van der Waals surface area contributed by atoms with Crippen LogP contribution in [0.25, 0.3) is 0 Å². The van der Waals surface area contributed by atoms with Crippen molar-refractivity contribution < 1.29 is 14.7 Å². The summed E-state index contributed by atoms with van der Waals surface area (Å²) in [7, 11) is 0. The van der Waals surface area contributed by atoms with Gasteiger partial charge >= 0.3 is 11.8 Å². The van der Waals surface area contributed by atoms with E-state index in [0.29, 0.717) is 0 Å². The number of hydrogen-bond acceptors (Lipinski definition) is 3. The number of hydrogen-bond donors (Lipinski definition) is 3. The van der Waals surface area contributed by atoms with Gasteiger partial charge in [0.15, 0.2) is 0 Å². The van der Waals surface area contributed by atoms with Gasteiger partial charge < -0.3 is 15.7 Å². The van der Waals surface area contributed by atoms with Crippen LogP contribution in [0.2, 0.25) is 0 Å². The van der Waals surface area contributed by atoms with Crippen LogP contribution < -0.4 is 10.6 Å². The van der Waals surface area contributed by atoms with Gasteiger partial charge in [0.2, 0.25) is 0 Å². The van der Waals surface area contributed by atoms with Crippen LogP contribution in [0.4, 0.5) is 0 Å². The molecule has 0 aliphatic heterocycles. The molecule has 17 heavy (non-hydrogen) atoms. The van der Waals surface area contributed by atoms with E-state index in [1.165, 1.54) is 0 Å². The Balaban J connectivity index is 2.56. The Morgan fingerprint density at radius 2 is 1.71 bits per heavy atom. The first-order valence-electron chi connectivity index (χ1n) is 5.93. The largest absolute Gasteiger partial charge is 0.396 e. The molecule has 1 fully saturated rings. The summed E-state index contributed by atoms with van der Waals surface area (Å²) >= 11 is 0. The second-order valence-electron chi connectivity index (χ2n) is 5.87. The third-order valence-electron chi connectivity index (χ3n) is 3.63. The van der Waals surface area contributed by atoms with Gasteiger partial charge in [-0.1, -0.05) is 13.8 Å². The van der Waals surface area contributed by atoms with Crippen molar-refractivity contribution in [1.29, 1.82) is 0 Å². The first-order chi connectivity index (χ1) is 7.69. The summed E-state index contributed by atoms with van der Waals surface area (Å²) in [6.07, 6.45) is 1.90. The quantitative estimate of drug-likeness (QED) is 0.615. The molecule has 0 aromatic heterocycles. The molecule has 0 aromatic rings. The van der Waals surface area contributed by atoms with E-state index < -0.39 is 22.8 Å². The highest BCUT2D eigenvalue weighted by Gasteiger charge is 2.39. The van der Waals surface area contributed by atoms with Crippen LogP contribution in [-0.4, -0.2) is 35.1 Å². The van der Waals surface area contributed by atoms with Gasteiger partial charge in [-0.15, -0.1) is 0 Å². The van der Waals surface area contributed by atoms with Crippen molar-refractivity contribution in [2.75, 3.05) is 6.61 Å². The fourth-order valence-corrected chi connectivity index (χ4v) is 1.19. The normalized spacial score (nSPS) is 16.5. The zero-order chi connectivity index (χ0) is 13.3. The van der Waals surface area contributed by atoms with Gasteiger partial charge in [-0.3, -0.25) is 9.59 Å². The van der Waals surface area contributed by atoms with Crippen molar-refractivity contribution in [3.05, 3.63) is 0 Å². The summed E-state index contributed by atoms with van der Waals surface area (Å²) in [5, 5.41) is 14.6. The molecule has 1 aliphatic carbocycles. The molecular weight excluding hydrogens is 220 g/mol. The number of aliphatic hydroxyl groups excluding tert-OH is 1. The van der Waals surface area contributed by atoms with Crippen molar-refractivity contribution >= 4 is 11.8 Å². The Hall–Kier alpha value is -1.10. The highest BCUT2D eigenvalue weighted by Crippen LogP contribution is 2.29. The van der Waals surface area contributed by atoms with Crippen molar-refractivity contribution in [3.63, 3.8) is 0 Å². The molecule has 3 N–H and O–H groups in total. The predicted molar refractivity (Wildman–Crippen MR) is 64.3 cm³/mol. The summed E-state index contributed by atoms with van der Waals surface area (Å²) in [4.78, 5) is 23.2. The number of carbonyl (C=O) groups is 2. The van der Waals surface area contributed by atoms with Gasteiger partial charge in [0.1, 0.15) is 0 Å². The van der Waals surface area contributed by atoms with E-state index in [1.807, 2.05) is 13.8 Å². The lowest BCUT2D eigenvalue weighted by Crippen LogP contribution is -2.58. The monoisotopic (exact) mass is 242 g/mol. The van der Waals surface area contributed by atoms with Crippen LogP contribution in [0.15, 0.2) is 0 Å². The Morgan fingerprint density at radius 1 is 1.18 bits per heavy atom. The van der Waals surface area contributed by atoms with Gasteiger partial charge in [-0.05, 0) is 26.7 Å². The average Bonchev–Trinajstić information content (AvgIpc) is 3.00. The summed E-state index contributed by atoms with van der Waals surface area (Å²) in [5.41, 5.74) is -1.15. The van der Waals surface area contributed by atoms with Crippen LogP contribution in [-0.2, 0) is 9.59 Å². The van der Waals surface area contributed by atoms with Crippen molar-refractivity contribution in [3.8, 4) is 0 Å². The maximum atomic E-state index is 11.7. The molecule has 2 amide bonds. The SMILES string of the molecule is CC(C)(CO)C(C)(C)NC(=O)C(=O)NC1CC1. The van der Waals surface area contributed by atoms with Crippen LogP contribution in [0.3, 0.4) is 0 Å². The molecule has 5 heteroatoms.